The van der Waals surface area contributed by atoms with Gasteiger partial charge in [-0.2, -0.15) is 0 Å². The summed E-state index contributed by atoms with van der Waals surface area (Å²) < 4.78 is 0. The van der Waals surface area contributed by atoms with Gasteiger partial charge in [-0.15, -0.1) is 0 Å². The van der Waals surface area contributed by atoms with Gasteiger partial charge in [0.25, 0.3) is 0 Å². The molecule has 0 aromatic carbocycles. The van der Waals surface area contributed by atoms with Crippen molar-refractivity contribution in [3.63, 3.8) is 0 Å². The van der Waals surface area contributed by atoms with Crippen LogP contribution < -0.4 is 5.32 Å². The Balaban J connectivity index is 3.15. The summed E-state index contributed by atoms with van der Waals surface area (Å²) in [5, 5.41) is 9.24. The highest BCUT2D eigenvalue weighted by Crippen LogP contribution is 1.89. The Morgan fingerprint density at radius 2 is 2.40 bits per heavy atom. The van der Waals surface area contributed by atoms with Crippen LogP contribution in [0.25, 0.3) is 0 Å². The first-order chi connectivity index (χ1) is 4.72. The standard InChI is InChI=1S/C6H7NO2Si/c8-6(9)4-2-1-3-7-5(4)10/h1-3H,10H3,(H,8,9). The zero-order chi connectivity index (χ0) is 7.56. The van der Waals surface area contributed by atoms with Crippen molar-refractivity contribution in [3.05, 3.63) is 23.9 Å². The lowest BCUT2D eigenvalue weighted by molar-refractivity contribution is 0.0698. The van der Waals surface area contributed by atoms with Crippen molar-refractivity contribution < 1.29 is 9.90 Å². The van der Waals surface area contributed by atoms with E-state index in [0.29, 0.717) is 21.1 Å². The van der Waals surface area contributed by atoms with E-state index in [1.165, 1.54) is 0 Å². The summed E-state index contributed by atoms with van der Waals surface area (Å²) in [5.74, 6) is -0.891. The summed E-state index contributed by atoms with van der Waals surface area (Å²) in [4.78, 5) is 14.3. The van der Waals surface area contributed by atoms with Crippen molar-refractivity contribution in [2.75, 3.05) is 0 Å². The normalized spacial score (nSPS) is 9.60. The maximum absolute atomic E-state index is 10.4. The second kappa shape index (κ2) is 2.61. The number of aromatic carboxylic acids is 1. The van der Waals surface area contributed by atoms with Crippen LogP contribution in [0.5, 0.6) is 0 Å². The van der Waals surface area contributed by atoms with E-state index in [9.17, 15) is 4.79 Å². The summed E-state index contributed by atoms with van der Waals surface area (Å²) in [6.45, 7) is 0. The summed E-state index contributed by atoms with van der Waals surface area (Å²) in [6.07, 6.45) is 1.61. The summed E-state index contributed by atoms with van der Waals surface area (Å²) in [7, 11) is 0.681. The van der Waals surface area contributed by atoms with Gasteiger partial charge in [-0.25, -0.2) is 4.79 Å². The molecule has 1 heterocycles. The molecule has 4 heteroatoms. The number of pyridine rings is 1. The monoisotopic (exact) mass is 153 g/mol. The van der Waals surface area contributed by atoms with Crippen molar-refractivity contribution in [3.8, 4) is 0 Å². The highest BCUT2D eigenvalue weighted by molar-refractivity contribution is 6.34. The quantitative estimate of drug-likeness (QED) is 0.514. The molecule has 10 heavy (non-hydrogen) atoms. The van der Waals surface area contributed by atoms with Gasteiger partial charge in [0, 0.05) is 11.5 Å². The van der Waals surface area contributed by atoms with Crippen molar-refractivity contribution in [1.82, 2.24) is 4.98 Å². The number of carboxylic acid groups (broad SMARTS) is 1. The molecule has 0 radical (unpaired) electrons. The second-order valence-corrected chi connectivity index (χ2v) is 2.89. The van der Waals surface area contributed by atoms with Gasteiger partial charge >= 0.3 is 5.97 Å². The van der Waals surface area contributed by atoms with Gasteiger partial charge in [-0.1, -0.05) is 0 Å². The second-order valence-electron chi connectivity index (χ2n) is 1.94. The average molecular weight is 153 g/mol. The zero-order valence-electron chi connectivity index (χ0n) is 5.53. The molecule has 0 aliphatic rings. The van der Waals surface area contributed by atoms with Gasteiger partial charge in [0.2, 0.25) is 0 Å². The highest BCUT2D eigenvalue weighted by Gasteiger charge is 2.04. The third-order valence-electron chi connectivity index (χ3n) is 1.24. The van der Waals surface area contributed by atoms with Crippen molar-refractivity contribution >= 4 is 21.5 Å². The van der Waals surface area contributed by atoms with Gasteiger partial charge in [-0.3, -0.25) is 4.98 Å². The molecule has 0 unspecified atom stereocenters. The molecule has 1 aromatic rings. The Morgan fingerprint density at radius 3 is 2.80 bits per heavy atom. The number of hydrogen-bond donors (Lipinski definition) is 1. The van der Waals surface area contributed by atoms with Crippen LogP contribution in [-0.4, -0.2) is 26.3 Å². The van der Waals surface area contributed by atoms with Crippen LogP contribution >= 0.6 is 0 Å². The lowest BCUT2D eigenvalue weighted by Crippen LogP contribution is -2.18. The lowest BCUT2D eigenvalue weighted by Gasteiger charge is -1.95. The van der Waals surface area contributed by atoms with Gasteiger partial charge in [0.05, 0.1) is 15.8 Å². The van der Waals surface area contributed by atoms with Gasteiger partial charge in [0.1, 0.15) is 0 Å². The zero-order valence-corrected chi connectivity index (χ0v) is 7.53. The topological polar surface area (TPSA) is 50.2 Å². The van der Waals surface area contributed by atoms with Crippen molar-refractivity contribution in [2.45, 2.75) is 0 Å². The van der Waals surface area contributed by atoms with Gasteiger partial charge in [-0.05, 0) is 12.1 Å². The first-order valence-corrected chi connectivity index (χ1v) is 3.86. The minimum absolute atomic E-state index is 0.328. The largest absolute Gasteiger partial charge is 0.478 e. The Morgan fingerprint density at radius 1 is 1.70 bits per heavy atom. The van der Waals surface area contributed by atoms with E-state index < -0.39 is 5.97 Å². The molecule has 1 aromatic heterocycles. The minimum Gasteiger partial charge on any atom is -0.478 e. The third-order valence-corrected chi connectivity index (χ3v) is 2.03. The van der Waals surface area contributed by atoms with Gasteiger partial charge < -0.3 is 5.11 Å². The molecule has 0 amide bonds. The van der Waals surface area contributed by atoms with Crippen LogP contribution in [0.4, 0.5) is 0 Å². The summed E-state index contributed by atoms with van der Waals surface area (Å²) in [5.41, 5.74) is 0.328. The molecule has 3 nitrogen and oxygen atoms in total. The molecule has 0 fully saturated rings. The number of carbonyl (C=O) groups is 1. The lowest BCUT2D eigenvalue weighted by atomic mass is 10.3. The molecule has 1 rings (SSSR count). The number of carboxylic acids is 1. The molecule has 0 aliphatic carbocycles. The maximum atomic E-state index is 10.4. The average Bonchev–Trinajstić information content (AvgIpc) is 1.88. The molecular weight excluding hydrogens is 146 g/mol. The number of aromatic nitrogens is 1. The molecular formula is C6H7NO2Si. The maximum Gasteiger partial charge on any atom is 0.337 e. The number of hydrogen-bond acceptors (Lipinski definition) is 2. The Hall–Kier alpha value is -1.16. The van der Waals surface area contributed by atoms with E-state index in [0.717, 1.165) is 0 Å². The molecule has 0 saturated heterocycles. The minimum atomic E-state index is -0.891. The first kappa shape index (κ1) is 6.95. The van der Waals surface area contributed by atoms with Crippen LogP contribution in [0.2, 0.25) is 0 Å². The van der Waals surface area contributed by atoms with Gasteiger partial charge in [0.15, 0.2) is 0 Å². The fraction of sp³-hybridized carbons (Fsp3) is 0. The summed E-state index contributed by atoms with van der Waals surface area (Å²) in [6, 6.07) is 3.20. The molecule has 52 valence electrons. The highest BCUT2D eigenvalue weighted by atomic mass is 28.1. The SMILES string of the molecule is O=C(O)c1cccnc1[SiH3]. The van der Waals surface area contributed by atoms with Crippen LogP contribution in [0.1, 0.15) is 10.4 Å². The smallest absolute Gasteiger partial charge is 0.337 e. The summed E-state index contributed by atoms with van der Waals surface area (Å²) >= 11 is 0. The molecule has 0 saturated carbocycles. The molecule has 0 spiro atoms. The first-order valence-electron chi connectivity index (χ1n) is 2.86. The van der Waals surface area contributed by atoms with Crippen LogP contribution in [0.3, 0.4) is 0 Å². The molecule has 1 N–H and O–H groups in total. The van der Waals surface area contributed by atoms with E-state index >= 15 is 0 Å². The molecule has 0 bridgehead atoms. The molecule has 0 aliphatic heterocycles. The number of rotatable bonds is 1. The van der Waals surface area contributed by atoms with Crippen molar-refractivity contribution in [1.29, 1.82) is 0 Å². The predicted molar refractivity (Wildman–Crippen MR) is 40.8 cm³/mol. The van der Waals surface area contributed by atoms with Crippen LogP contribution in [-0.2, 0) is 0 Å². The van der Waals surface area contributed by atoms with E-state index in [1.807, 2.05) is 0 Å². The number of nitrogens with zero attached hydrogens (tertiary/aromatic N) is 1. The van der Waals surface area contributed by atoms with E-state index in [2.05, 4.69) is 4.98 Å². The van der Waals surface area contributed by atoms with Crippen molar-refractivity contribution in [2.24, 2.45) is 0 Å². The van der Waals surface area contributed by atoms with E-state index in [4.69, 9.17) is 5.11 Å². The Kier molecular flexibility index (Phi) is 1.82. The predicted octanol–water partition coefficient (Wildman–Crippen LogP) is -1.23. The van der Waals surface area contributed by atoms with Crippen LogP contribution in [0, 0.1) is 0 Å². The molecule has 0 atom stereocenters. The van der Waals surface area contributed by atoms with E-state index in [-0.39, 0.29) is 0 Å². The Bertz CT molecular complexity index is 262. The fourth-order valence-corrected chi connectivity index (χ4v) is 1.24. The third kappa shape index (κ3) is 1.22. The Labute approximate surface area is 61.1 Å². The van der Waals surface area contributed by atoms with Crippen LogP contribution in [0.15, 0.2) is 18.3 Å². The fourth-order valence-electron chi connectivity index (χ4n) is 0.710. The van der Waals surface area contributed by atoms with E-state index in [1.54, 1.807) is 18.3 Å².